The minimum absolute atomic E-state index is 0.151. The first-order chi connectivity index (χ1) is 32.6. The highest BCUT2D eigenvalue weighted by molar-refractivity contribution is 6.11. The fourth-order valence-corrected chi connectivity index (χ4v) is 9.76. The normalized spacial score (nSPS) is 17.2. The number of aromatic nitrogens is 4. The van der Waals surface area contributed by atoms with Gasteiger partial charge in [-0.05, 0) is 67.1 Å². The highest BCUT2D eigenvalue weighted by atomic mass is 15.2. The molecule has 5 heteroatoms. The van der Waals surface area contributed by atoms with Crippen molar-refractivity contribution in [1.82, 2.24) is 19.5 Å². The average molecular weight is 852 g/mol. The molecule has 3 heterocycles. The Labute approximate surface area is 386 Å². The van der Waals surface area contributed by atoms with Crippen molar-refractivity contribution in [3.8, 4) is 34.2 Å². The second-order valence-corrected chi connectivity index (χ2v) is 17.1. The maximum atomic E-state index is 5.04. The van der Waals surface area contributed by atoms with Gasteiger partial charge in [0, 0.05) is 50.1 Å². The second-order valence-electron chi connectivity index (χ2n) is 17.1. The van der Waals surface area contributed by atoms with Crippen molar-refractivity contribution >= 4 is 50.0 Å². The predicted octanol–water partition coefficient (Wildman–Crippen LogP) is 15.5. The Morgan fingerprint density at radius 1 is 0.530 bits per heavy atom. The summed E-state index contributed by atoms with van der Waals surface area (Å²) in [6, 6.07) is 56.2. The lowest BCUT2D eigenvalue weighted by atomic mass is 9.90. The van der Waals surface area contributed by atoms with Gasteiger partial charge < -0.3 is 9.47 Å². The number of hydrogen-bond acceptors (Lipinski definition) is 4. The van der Waals surface area contributed by atoms with E-state index < -0.39 is 0 Å². The number of fused-ring (bicyclic) bond motifs is 7. The zero-order valence-electron chi connectivity index (χ0n) is 37.1. The molecule has 3 unspecified atom stereocenters. The summed E-state index contributed by atoms with van der Waals surface area (Å²) in [6.07, 6.45) is 27.6. The Hall–Kier alpha value is -8.15. The molecule has 318 valence electrons. The Balaban J connectivity index is 0.000000632. The highest BCUT2D eigenvalue weighted by Gasteiger charge is 2.39. The molecular weight excluding hydrogens is 803 g/mol. The van der Waals surface area contributed by atoms with Gasteiger partial charge in [-0.3, -0.25) is 0 Å². The molecule has 0 saturated heterocycles. The number of hydrogen-bond donors (Lipinski definition) is 0. The first kappa shape index (κ1) is 40.6. The molecule has 0 saturated carbocycles. The lowest BCUT2D eigenvalue weighted by molar-refractivity contribution is 0.648. The third kappa shape index (κ3) is 7.69. The number of rotatable bonds is 7. The van der Waals surface area contributed by atoms with Crippen molar-refractivity contribution in [2.45, 2.75) is 38.3 Å². The predicted molar refractivity (Wildman–Crippen MR) is 277 cm³/mol. The number of nitrogens with zero attached hydrogens (tertiary/aromatic N) is 5. The summed E-state index contributed by atoms with van der Waals surface area (Å²) < 4.78 is 2.57. The number of anilines is 2. The van der Waals surface area contributed by atoms with Crippen LogP contribution in [0.15, 0.2) is 225 Å². The average Bonchev–Trinajstić information content (AvgIpc) is 3.87. The molecule has 0 spiro atoms. The molecule has 0 bridgehead atoms. The Bertz CT molecular complexity index is 3370. The number of allylic oxidation sites excluding steroid dienone is 9. The standard InChI is InChI=1S/C54H41N5.C7H8/c1-2-3-7-17-36-28-30-44-46-34-45-43-25-14-15-26-48(43)59(51(45)35-50(46)58(49(44)32-36)41-23-12-6-13-24-41)47-27-16-22-39-33-40(29-31-42(39)47)54-56-52(37-18-8-4-9-19-37)55-53(57-54)38-20-10-5-11-21-38;1-7-5-3-2-4-6-7/h2-23,25-35,41,43,48H,24H2,1H3;2-6H,1H3/b3-2-,17-7-;. The molecule has 7 aromatic carbocycles. The van der Waals surface area contributed by atoms with E-state index in [9.17, 15) is 0 Å². The smallest absolute Gasteiger partial charge is 0.164 e. The Morgan fingerprint density at radius 3 is 1.88 bits per heavy atom. The van der Waals surface area contributed by atoms with Crippen LogP contribution in [0.4, 0.5) is 11.4 Å². The van der Waals surface area contributed by atoms with E-state index in [0.717, 1.165) is 28.5 Å². The molecule has 0 radical (unpaired) electrons. The first-order valence-electron chi connectivity index (χ1n) is 22.9. The second kappa shape index (κ2) is 17.8. The van der Waals surface area contributed by atoms with Crippen molar-refractivity contribution in [2.24, 2.45) is 0 Å². The molecular formula is C61H49N5. The topological polar surface area (TPSA) is 46.8 Å². The van der Waals surface area contributed by atoms with Crippen molar-refractivity contribution in [3.63, 3.8) is 0 Å². The molecule has 2 aliphatic carbocycles. The molecule has 0 N–H and O–H groups in total. The van der Waals surface area contributed by atoms with E-state index >= 15 is 0 Å². The van der Waals surface area contributed by atoms with Gasteiger partial charge in [0.25, 0.3) is 0 Å². The van der Waals surface area contributed by atoms with Crippen molar-refractivity contribution < 1.29 is 0 Å². The molecule has 0 amide bonds. The van der Waals surface area contributed by atoms with Crippen LogP contribution in [-0.2, 0) is 0 Å². The van der Waals surface area contributed by atoms with Gasteiger partial charge in [-0.25, -0.2) is 15.0 Å². The van der Waals surface area contributed by atoms with Gasteiger partial charge in [0.15, 0.2) is 17.5 Å². The largest absolute Gasteiger partial charge is 0.333 e. The Kier molecular flexibility index (Phi) is 10.9. The molecule has 3 atom stereocenters. The third-order valence-corrected chi connectivity index (χ3v) is 12.9. The maximum Gasteiger partial charge on any atom is 0.164 e. The zero-order chi connectivity index (χ0) is 44.4. The van der Waals surface area contributed by atoms with E-state index in [1.54, 1.807) is 0 Å². The van der Waals surface area contributed by atoms with Crippen molar-refractivity contribution in [1.29, 1.82) is 0 Å². The van der Waals surface area contributed by atoms with Crippen LogP contribution >= 0.6 is 0 Å². The number of aryl methyl sites for hydroxylation is 1. The summed E-state index contributed by atoms with van der Waals surface area (Å²) in [4.78, 5) is 17.6. The van der Waals surface area contributed by atoms with E-state index in [4.69, 9.17) is 15.0 Å². The van der Waals surface area contributed by atoms with E-state index in [1.807, 2.05) is 78.9 Å². The van der Waals surface area contributed by atoms with Crippen LogP contribution < -0.4 is 4.90 Å². The Morgan fingerprint density at radius 2 is 1.20 bits per heavy atom. The molecule has 66 heavy (non-hydrogen) atoms. The van der Waals surface area contributed by atoms with E-state index in [0.29, 0.717) is 17.5 Å². The summed E-state index contributed by atoms with van der Waals surface area (Å²) in [5.41, 5.74) is 11.7. The fraction of sp³-hybridized carbons (Fsp3) is 0.0984. The quantitative estimate of drug-likeness (QED) is 0.150. The lowest BCUT2D eigenvalue weighted by Gasteiger charge is -2.30. The molecule has 3 aliphatic rings. The summed E-state index contributed by atoms with van der Waals surface area (Å²) in [5.74, 6) is 2.19. The van der Waals surface area contributed by atoms with Crippen LogP contribution in [0.2, 0.25) is 0 Å². The van der Waals surface area contributed by atoms with Gasteiger partial charge in [-0.15, -0.1) is 0 Å². The van der Waals surface area contributed by atoms with Crippen LogP contribution in [0.25, 0.3) is 72.8 Å². The first-order valence-corrected chi connectivity index (χ1v) is 22.9. The van der Waals surface area contributed by atoms with Gasteiger partial charge in [-0.2, -0.15) is 0 Å². The van der Waals surface area contributed by atoms with Gasteiger partial charge >= 0.3 is 0 Å². The molecule has 2 aromatic heterocycles. The summed E-state index contributed by atoms with van der Waals surface area (Å²) in [5, 5.41) is 4.92. The molecule has 9 aromatic rings. The minimum Gasteiger partial charge on any atom is -0.333 e. The third-order valence-electron chi connectivity index (χ3n) is 12.9. The van der Waals surface area contributed by atoms with Crippen molar-refractivity contribution in [3.05, 3.63) is 241 Å². The van der Waals surface area contributed by atoms with Gasteiger partial charge in [0.1, 0.15) is 0 Å². The summed E-state index contributed by atoms with van der Waals surface area (Å²) >= 11 is 0. The van der Waals surface area contributed by atoms with Crippen LogP contribution in [0, 0.1) is 6.92 Å². The van der Waals surface area contributed by atoms with Gasteiger partial charge in [0.2, 0.25) is 0 Å². The monoisotopic (exact) mass is 851 g/mol. The number of benzene rings is 7. The molecule has 5 nitrogen and oxygen atoms in total. The van der Waals surface area contributed by atoms with E-state index in [2.05, 4.69) is 175 Å². The van der Waals surface area contributed by atoms with Crippen LogP contribution in [0.3, 0.4) is 0 Å². The van der Waals surface area contributed by atoms with Gasteiger partial charge in [0.05, 0.1) is 23.1 Å². The van der Waals surface area contributed by atoms with Gasteiger partial charge in [-0.1, -0.05) is 206 Å². The summed E-state index contributed by atoms with van der Waals surface area (Å²) in [6.45, 7) is 4.13. The molecule has 1 aliphatic heterocycles. The maximum absolute atomic E-state index is 5.04. The van der Waals surface area contributed by atoms with E-state index in [-0.39, 0.29) is 18.0 Å². The highest BCUT2D eigenvalue weighted by Crippen LogP contribution is 2.52. The SMILES string of the molecule is C/C=C\C=C/c1ccc2c3cc4c(cc3n(C3C=CC=CC3)c2c1)N(c1cccc2cc(-c3nc(-c5ccccc5)nc(-c5ccccc5)n3)ccc12)C1C=CC=CC41.Cc1ccccc1. The van der Waals surface area contributed by atoms with E-state index in [1.165, 1.54) is 55.3 Å². The van der Waals surface area contributed by atoms with Crippen LogP contribution in [0.1, 0.15) is 42.0 Å². The molecule has 12 rings (SSSR count). The zero-order valence-corrected chi connectivity index (χ0v) is 37.1. The fourth-order valence-electron chi connectivity index (χ4n) is 9.76. The summed E-state index contributed by atoms with van der Waals surface area (Å²) in [7, 11) is 0. The lowest BCUT2D eigenvalue weighted by Crippen LogP contribution is -2.28. The van der Waals surface area contributed by atoms with Crippen LogP contribution in [-0.4, -0.2) is 25.6 Å². The minimum atomic E-state index is 0.151. The molecule has 0 fully saturated rings. The van der Waals surface area contributed by atoms with Crippen LogP contribution in [0.5, 0.6) is 0 Å². The van der Waals surface area contributed by atoms with Crippen molar-refractivity contribution in [2.75, 3.05) is 4.90 Å².